The molecule has 0 saturated heterocycles. The molecule has 46 heavy (non-hydrogen) atoms. The van der Waals surface area contributed by atoms with Crippen molar-refractivity contribution in [3.8, 4) is 22.9 Å². The molecule has 0 unspecified atom stereocenters. The number of hydrogen-bond donors (Lipinski definition) is 4. The second-order valence-corrected chi connectivity index (χ2v) is 9.95. The number of ether oxygens (including phenoxy) is 3. The number of anilines is 1. The summed E-state index contributed by atoms with van der Waals surface area (Å²) >= 11 is 0. The molecule has 0 radical (unpaired) electrons. The average molecular weight is 623 g/mol. The lowest BCUT2D eigenvalue weighted by Gasteiger charge is -2.16. The van der Waals surface area contributed by atoms with Crippen LogP contribution in [0.4, 0.5) is 5.69 Å². The molecule has 2 heterocycles. The smallest absolute Gasteiger partial charge is 0.270 e. The van der Waals surface area contributed by atoms with Gasteiger partial charge in [0.1, 0.15) is 35.2 Å². The SMILES string of the molecule is CCN=C(/C(OCc1ccccc1)=C(/C)N)c1nccc(-c2nc(C(=O)NCc3ccc(OC)cc3OC)cc(NC)c2C=N)n1. The molecule has 4 rings (SSSR count). The topological polar surface area (TPSA) is 170 Å². The summed E-state index contributed by atoms with van der Waals surface area (Å²) in [4.78, 5) is 31.9. The Hall–Kier alpha value is -5.78. The molecule has 1 amide bonds. The summed E-state index contributed by atoms with van der Waals surface area (Å²) in [5.74, 6) is 1.42. The van der Waals surface area contributed by atoms with Crippen molar-refractivity contribution < 1.29 is 19.0 Å². The molecule has 12 heteroatoms. The summed E-state index contributed by atoms with van der Waals surface area (Å²) in [6.45, 7) is 4.51. The Morgan fingerprint density at radius 3 is 2.50 bits per heavy atom. The van der Waals surface area contributed by atoms with Gasteiger partial charge in [-0.1, -0.05) is 30.3 Å². The third kappa shape index (κ3) is 7.83. The molecule has 0 bridgehead atoms. The average Bonchev–Trinajstić information content (AvgIpc) is 3.09. The number of hydrogen-bond acceptors (Lipinski definition) is 11. The number of allylic oxidation sites excluding steroid dienone is 2. The lowest BCUT2D eigenvalue weighted by Crippen LogP contribution is -2.25. The fraction of sp³-hybridized carbons (Fsp3) is 0.235. The first kappa shape index (κ1) is 33.1. The Bertz CT molecular complexity index is 1750. The molecule has 0 atom stereocenters. The van der Waals surface area contributed by atoms with Gasteiger partial charge in [-0.05, 0) is 43.7 Å². The highest BCUT2D eigenvalue weighted by Crippen LogP contribution is 2.28. The molecule has 0 aliphatic heterocycles. The number of carbonyl (C=O) groups is 1. The van der Waals surface area contributed by atoms with E-state index in [1.807, 2.05) is 43.3 Å². The molecule has 0 aliphatic carbocycles. The van der Waals surface area contributed by atoms with E-state index in [1.165, 1.54) is 6.21 Å². The first-order chi connectivity index (χ1) is 22.3. The third-order valence-electron chi connectivity index (χ3n) is 6.86. The van der Waals surface area contributed by atoms with Crippen LogP contribution in [0.3, 0.4) is 0 Å². The van der Waals surface area contributed by atoms with Gasteiger partial charge in [0.25, 0.3) is 5.91 Å². The van der Waals surface area contributed by atoms with Gasteiger partial charge in [0.15, 0.2) is 11.6 Å². The highest BCUT2D eigenvalue weighted by molar-refractivity contribution is 6.09. The van der Waals surface area contributed by atoms with Gasteiger partial charge in [-0.2, -0.15) is 0 Å². The molecule has 2 aromatic heterocycles. The van der Waals surface area contributed by atoms with Gasteiger partial charge < -0.3 is 36.0 Å². The zero-order valence-corrected chi connectivity index (χ0v) is 26.5. The molecular formula is C34H38N8O4. The van der Waals surface area contributed by atoms with Crippen LogP contribution in [-0.2, 0) is 17.9 Å². The van der Waals surface area contributed by atoms with Crippen LogP contribution in [0.1, 0.15) is 46.9 Å². The number of nitrogens with zero attached hydrogens (tertiary/aromatic N) is 4. The first-order valence-corrected chi connectivity index (χ1v) is 14.6. The highest BCUT2D eigenvalue weighted by Gasteiger charge is 2.22. The van der Waals surface area contributed by atoms with Crippen LogP contribution in [0.5, 0.6) is 11.5 Å². The van der Waals surface area contributed by atoms with Gasteiger partial charge in [-0.3, -0.25) is 9.79 Å². The van der Waals surface area contributed by atoms with Crippen molar-refractivity contribution in [1.29, 1.82) is 5.41 Å². The normalized spacial score (nSPS) is 11.7. The molecule has 2 aromatic carbocycles. The van der Waals surface area contributed by atoms with Crippen LogP contribution in [-0.4, -0.2) is 60.6 Å². The summed E-state index contributed by atoms with van der Waals surface area (Å²) in [5.41, 5.74) is 10.6. The van der Waals surface area contributed by atoms with Gasteiger partial charge in [0.05, 0.1) is 25.6 Å². The minimum Gasteiger partial charge on any atom is -0.497 e. The standard InChI is InChI=1S/C34H38N8O4/c1-6-38-31(32(21(2)36)46-20-22-10-8-7-9-11-22)33-39-15-14-26(42-33)30-25(18-35)27(37-3)17-28(41-30)34(43)40-19-23-12-13-24(44-4)16-29(23)45-5/h7-18,35H,6,19-20,36H2,1-5H3,(H,37,41)(H,40,43)/b32-21+,35-18?,38-31?. The number of aromatic nitrogens is 3. The maximum absolute atomic E-state index is 13.4. The number of benzene rings is 2. The van der Waals surface area contributed by atoms with E-state index in [4.69, 9.17) is 30.3 Å². The number of aliphatic imine (C=N–C) groups is 1. The van der Waals surface area contributed by atoms with Crippen molar-refractivity contribution in [1.82, 2.24) is 20.3 Å². The van der Waals surface area contributed by atoms with Gasteiger partial charge in [0, 0.05) is 55.4 Å². The molecule has 0 spiro atoms. The monoisotopic (exact) mass is 622 g/mol. The lowest BCUT2D eigenvalue weighted by atomic mass is 10.1. The summed E-state index contributed by atoms with van der Waals surface area (Å²) in [5, 5.41) is 14.1. The van der Waals surface area contributed by atoms with Gasteiger partial charge >= 0.3 is 0 Å². The van der Waals surface area contributed by atoms with Crippen molar-refractivity contribution in [2.24, 2.45) is 10.7 Å². The second-order valence-electron chi connectivity index (χ2n) is 9.95. The molecule has 5 N–H and O–H groups in total. The van der Waals surface area contributed by atoms with E-state index >= 15 is 0 Å². The molecule has 0 saturated carbocycles. The van der Waals surface area contributed by atoms with Crippen LogP contribution in [0.25, 0.3) is 11.4 Å². The number of nitrogens with two attached hydrogens (primary N) is 1. The third-order valence-corrected chi connectivity index (χ3v) is 6.86. The van der Waals surface area contributed by atoms with E-state index in [1.54, 1.807) is 58.7 Å². The van der Waals surface area contributed by atoms with E-state index in [2.05, 4.69) is 25.6 Å². The predicted molar refractivity (Wildman–Crippen MR) is 179 cm³/mol. The van der Waals surface area contributed by atoms with Crippen molar-refractivity contribution in [2.45, 2.75) is 27.0 Å². The van der Waals surface area contributed by atoms with Crippen molar-refractivity contribution in [3.05, 3.63) is 107 Å². The Morgan fingerprint density at radius 2 is 1.85 bits per heavy atom. The molecule has 0 fully saturated rings. The Kier molecular flexibility index (Phi) is 11.4. The molecule has 238 valence electrons. The maximum atomic E-state index is 13.4. The summed E-state index contributed by atoms with van der Waals surface area (Å²) in [6, 6.07) is 18.3. The van der Waals surface area contributed by atoms with E-state index < -0.39 is 5.91 Å². The van der Waals surface area contributed by atoms with Crippen molar-refractivity contribution in [2.75, 3.05) is 33.1 Å². The first-order valence-electron chi connectivity index (χ1n) is 14.6. The number of amides is 1. The molecule has 4 aromatic rings. The number of pyridine rings is 1. The number of carbonyl (C=O) groups excluding carboxylic acids is 1. The van der Waals surface area contributed by atoms with Crippen molar-refractivity contribution in [3.63, 3.8) is 0 Å². The van der Waals surface area contributed by atoms with Gasteiger partial charge in [-0.25, -0.2) is 15.0 Å². The molecular weight excluding hydrogens is 584 g/mol. The van der Waals surface area contributed by atoms with E-state index in [0.29, 0.717) is 57.9 Å². The van der Waals surface area contributed by atoms with Crippen LogP contribution >= 0.6 is 0 Å². The number of rotatable bonds is 14. The van der Waals surface area contributed by atoms with Crippen LogP contribution in [0.2, 0.25) is 0 Å². The van der Waals surface area contributed by atoms with Crippen LogP contribution in [0, 0.1) is 5.41 Å². The fourth-order valence-corrected chi connectivity index (χ4v) is 4.59. The summed E-state index contributed by atoms with van der Waals surface area (Å²) in [7, 11) is 4.83. The minimum atomic E-state index is -0.423. The summed E-state index contributed by atoms with van der Waals surface area (Å²) in [6.07, 6.45) is 2.74. The maximum Gasteiger partial charge on any atom is 0.270 e. The van der Waals surface area contributed by atoms with Gasteiger partial charge in [-0.15, -0.1) is 0 Å². The van der Waals surface area contributed by atoms with Crippen LogP contribution < -0.4 is 25.8 Å². The number of methoxy groups -OCH3 is 2. The van der Waals surface area contributed by atoms with E-state index in [9.17, 15) is 4.79 Å². The Morgan fingerprint density at radius 1 is 1.07 bits per heavy atom. The minimum absolute atomic E-state index is 0.129. The quantitative estimate of drug-likeness (QED) is 0.115. The molecule has 0 aliphatic rings. The zero-order valence-electron chi connectivity index (χ0n) is 26.5. The second kappa shape index (κ2) is 15.8. The van der Waals surface area contributed by atoms with Gasteiger partial charge in [0.2, 0.25) is 0 Å². The largest absolute Gasteiger partial charge is 0.497 e. The highest BCUT2D eigenvalue weighted by atomic mass is 16.5. The summed E-state index contributed by atoms with van der Waals surface area (Å²) < 4.78 is 16.9. The van der Waals surface area contributed by atoms with Crippen molar-refractivity contribution >= 4 is 23.5 Å². The Labute approximate surface area is 268 Å². The number of nitrogens with one attached hydrogen (secondary N) is 3. The lowest BCUT2D eigenvalue weighted by molar-refractivity contribution is 0.0946. The fourth-order valence-electron chi connectivity index (χ4n) is 4.59. The molecule has 12 nitrogen and oxygen atoms in total. The van der Waals surface area contributed by atoms with E-state index in [0.717, 1.165) is 11.1 Å². The van der Waals surface area contributed by atoms with Crippen LogP contribution in [0.15, 0.2) is 83.3 Å². The van der Waals surface area contributed by atoms with E-state index in [-0.39, 0.29) is 24.7 Å². The predicted octanol–water partition coefficient (Wildman–Crippen LogP) is 4.74. The zero-order chi connectivity index (χ0) is 33.1. The Balaban J connectivity index is 1.69.